The minimum absolute atomic E-state index is 0.0312. The van der Waals surface area contributed by atoms with Crippen molar-refractivity contribution in [2.75, 3.05) is 5.32 Å². The second-order valence-corrected chi connectivity index (χ2v) is 5.18. The first-order valence-corrected chi connectivity index (χ1v) is 5.50. The van der Waals surface area contributed by atoms with E-state index in [2.05, 4.69) is 31.4 Å². The number of rotatable bonds is 1. The number of halogens is 1. The highest BCUT2D eigenvalue weighted by Gasteiger charge is 2.10. The Balaban J connectivity index is 2.55. The molecule has 0 saturated carbocycles. The van der Waals surface area contributed by atoms with Gasteiger partial charge in [0.25, 0.3) is 0 Å². The van der Waals surface area contributed by atoms with E-state index in [1.807, 2.05) is 24.3 Å². The Bertz CT molecular complexity index is 341. The summed E-state index contributed by atoms with van der Waals surface area (Å²) in [6.07, 6.45) is 0. The van der Waals surface area contributed by atoms with Gasteiger partial charge in [0.1, 0.15) is 0 Å². The van der Waals surface area contributed by atoms with Crippen LogP contribution < -0.4 is 10.6 Å². The van der Waals surface area contributed by atoms with Crippen LogP contribution in [0.4, 0.5) is 5.69 Å². The summed E-state index contributed by atoms with van der Waals surface area (Å²) in [4.78, 5) is 0. The monoisotopic (exact) mass is 242 g/mol. The molecular formula is C11H15ClN2S. The van der Waals surface area contributed by atoms with Gasteiger partial charge in [-0.2, -0.15) is 0 Å². The Hall–Kier alpha value is -0.800. The maximum Gasteiger partial charge on any atom is 0.171 e. The largest absolute Gasteiger partial charge is 0.358 e. The van der Waals surface area contributed by atoms with Gasteiger partial charge in [0.15, 0.2) is 5.11 Å². The van der Waals surface area contributed by atoms with Gasteiger partial charge in [-0.15, -0.1) is 0 Å². The molecule has 2 N–H and O–H groups in total. The van der Waals surface area contributed by atoms with Crippen LogP contribution in [-0.2, 0) is 0 Å². The van der Waals surface area contributed by atoms with E-state index >= 15 is 0 Å². The second-order valence-electron chi connectivity index (χ2n) is 4.34. The molecule has 0 bridgehead atoms. The van der Waals surface area contributed by atoms with Crippen molar-refractivity contribution in [1.82, 2.24) is 5.32 Å². The molecule has 0 radical (unpaired) electrons. The number of thiocarbonyl (C=S) groups is 1. The van der Waals surface area contributed by atoms with Crippen molar-refractivity contribution in [2.45, 2.75) is 26.3 Å². The zero-order chi connectivity index (χ0) is 11.5. The summed E-state index contributed by atoms with van der Waals surface area (Å²) in [5, 5.41) is 7.59. The van der Waals surface area contributed by atoms with E-state index in [1.165, 1.54) is 0 Å². The Morgan fingerprint density at radius 3 is 2.20 bits per heavy atom. The summed E-state index contributed by atoms with van der Waals surface area (Å²) in [6, 6.07) is 7.42. The van der Waals surface area contributed by atoms with Crippen LogP contribution in [0.3, 0.4) is 0 Å². The van der Waals surface area contributed by atoms with E-state index in [0.717, 1.165) is 10.7 Å². The van der Waals surface area contributed by atoms with Gasteiger partial charge in [-0.1, -0.05) is 11.6 Å². The summed E-state index contributed by atoms with van der Waals surface area (Å²) in [5.74, 6) is 0. The number of hydrogen-bond acceptors (Lipinski definition) is 1. The molecule has 4 heteroatoms. The summed E-state index contributed by atoms with van der Waals surface area (Å²) in [5.41, 5.74) is 0.900. The fraction of sp³-hybridized carbons (Fsp3) is 0.364. The first-order chi connectivity index (χ1) is 6.87. The molecule has 0 heterocycles. The molecule has 1 rings (SSSR count). The van der Waals surface area contributed by atoms with E-state index in [0.29, 0.717) is 5.11 Å². The maximum absolute atomic E-state index is 5.78. The molecule has 0 fully saturated rings. The lowest BCUT2D eigenvalue weighted by Gasteiger charge is -2.23. The molecule has 15 heavy (non-hydrogen) atoms. The van der Waals surface area contributed by atoms with Crippen LogP contribution in [0.2, 0.25) is 5.02 Å². The molecule has 0 amide bonds. The Kier molecular flexibility index (Phi) is 3.94. The average molecular weight is 243 g/mol. The van der Waals surface area contributed by atoms with Crippen LogP contribution in [-0.4, -0.2) is 10.7 Å². The summed E-state index contributed by atoms with van der Waals surface area (Å²) >= 11 is 10.9. The van der Waals surface area contributed by atoms with E-state index in [-0.39, 0.29) is 5.54 Å². The van der Waals surface area contributed by atoms with Crippen molar-refractivity contribution in [3.8, 4) is 0 Å². The molecule has 0 unspecified atom stereocenters. The highest BCUT2D eigenvalue weighted by atomic mass is 35.5. The number of benzene rings is 1. The molecular weight excluding hydrogens is 228 g/mol. The standard InChI is InChI=1S/C11H15ClN2S/c1-11(2,3)14-10(15)13-9-6-4-8(12)5-7-9/h4-7H,1-3H3,(H2,13,14,15). The van der Waals surface area contributed by atoms with E-state index in [4.69, 9.17) is 23.8 Å². The van der Waals surface area contributed by atoms with E-state index in [1.54, 1.807) is 0 Å². The van der Waals surface area contributed by atoms with Gasteiger partial charge >= 0.3 is 0 Å². The molecule has 82 valence electrons. The van der Waals surface area contributed by atoms with Crippen molar-refractivity contribution < 1.29 is 0 Å². The molecule has 0 aliphatic carbocycles. The van der Waals surface area contributed by atoms with Crippen LogP contribution in [0.5, 0.6) is 0 Å². The highest BCUT2D eigenvalue weighted by molar-refractivity contribution is 7.80. The number of nitrogens with one attached hydrogen (secondary N) is 2. The molecule has 0 atom stereocenters. The predicted octanol–water partition coefficient (Wildman–Crippen LogP) is 3.42. The highest BCUT2D eigenvalue weighted by Crippen LogP contribution is 2.13. The van der Waals surface area contributed by atoms with Gasteiger partial charge < -0.3 is 10.6 Å². The maximum atomic E-state index is 5.78. The van der Waals surface area contributed by atoms with Crippen molar-refractivity contribution in [2.24, 2.45) is 0 Å². The van der Waals surface area contributed by atoms with Gasteiger partial charge in [-0.3, -0.25) is 0 Å². The Morgan fingerprint density at radius 1 is 1.20 bits per heavy atom. The third kappa shape index (κ3) is 5.00. The normalized spacial score (nSPS) is 10.9. The SMILES string of the molecule is CC(C)(C)NC(=S)Nc1ccc(Cl)cc1. The first kappa shape index (κ1) is 12.3. The summed E-state index contributed by atoms with van der Waals surface area (Å²) in [7, 11) is 0. The van der Waals surface area contributed by atoms with Crippen LogP contribution in [0, 0.1) is 0 Å². The minimum Gasteiger partial charge on any atom is -0.358 e. The van der Waals surface area contributed by atoms with Gasteiger partial charge in [-0.25, -0.2) is 0 Å². The fourth-order valence-electron chi connectivity index (χ4n) is 1.04. The molecule has 0 aliphatic rings. The van der Waals surface area contributed by atoms with Gasteiger partial charge in [0.2, 0.25) is 0 Å². The molecule has 0 aliphatic heterocycles. The zero-order valence-corrected chi connectivity index (χ0v) is 10.7. The van der Waals surface area contributed by atoms with Crippen LogP contribution in [0.15, 0.2) is 24.3 Å². The van der Waals surface area contributed by atoms with Crippen molar-refractivity contribution in [1.29, 1.82) is 0 Å². The zero-order valence-electron chi connectivity index (χ0n) is 9.10. The van der Waals surface area contributed by atoms with Gasteiger partial charge in [0, 0.05) is 16.2 Å². The van der Waals surface area contributed by atoms with Gasteiger partial charge in [-0.05, 0) is 57.3 Å². The van der Waals surface area contributed by atoms with Crippen molar-refractivity contribution in [3.05, 3.63) is 29.3 Å². The predicted molar refractivity (Wildman–Crippen MR) is 70.6 cm³/mol. The lowest BCUT2D eigenvalue weighted by molar-refractivity contribution is 0.515. The van der Waals surface area contributed by atoms with Crippen LogP contribution in [0.25, 0.3) is 0 Å². The topological polar surface area (TPSA) is 24.1 Å². The third-order valence-electron chi connectivity index (χ3n) is 1.59. The lowest BCUT2D eigenvalue weighted by atomic mass is 10.1. The molecule has 0 aromatic heterocycles. The first-order valence-electron chi connectivity index (χ1n) is 4.71. The molecule has 1 aromatic rings. The summed E-state index contributed by atoms with van der Waals surface area (Å²) in [6.45, 7) is 6.18. The lowest BCUT2D eigenvalue weighted by Crippen LogP contribution is -2.42. The van der Waals surface area contributed by atoms with E-state index in [9.17, 15) is 0 Å². The number of hydrogen-bond donors (Lipinski definition) is 2. The van der Waals surface area contributed by atoms with Crippen molar-refractivity contribution in [3.63, 3.8) is 0 Å². The quantitative estimate of drug-likeness (QED) is 0.738. The fourth-order valence-corrected chi connectivity index (χ4v) is 1.59. The Labute approximate surface area is 101 Å². The molecule has 2 nitrogen and oxygen atoms in total. The average Bonchev–Trinajstić information content (AvgIpc) is 2.05. The summed E-state index contributed by atoms with van der Waals surface area (Å²) < 4.78 is 0. The number of anilines is 1. The second kappa shape index (κ2) is 4.81. The third-order valence-corrected chi connectivity index (χ3v) is 2.05. The van der Waals surface area contributed by atoms with Crippen LogP contribution in [0.1, 0.15) is 20.8 Å². The Morgan fingerprint density at radius 2 is 1.73 bits per heavy atom. The molecule has 0 spiro atoms. The van der Waals surface area contributed by atoms with E-state index < -0.39 is 0 Å². The van der Waals surface area contributed by atoms with Gasteiger partial charge in [0.05, 0.1) is 0 Å². The minimum atomic E-state index is -0.0312. The van der Waals surface area contributed by atoms with Crippen LogP contribution >= 0.6 is 23.8 Å². The molecule has 1 aromatic carbocycles. The van der Waals surface area contributed by atoms with Crippen molar-refractivity contribution >= 4 is 34.6 Å². The molecule has 0 saturated heterocycles. The smallest absolute Gasteiger partial charge is 0.171 e.